The summed E-state index contributed by atoms with van der Waals surface area (Å²) in [5, 5.41) is 9.65. The second-order valence-corrected chi connectivity index (χ2v) is 7.63. The van der Waals surface area contributed by atoms with Crippen molar-refractivity contribution in [2.45, 2.75) is 33.7 Å². The molecule has 0 N–H and O–H groups in total. The number of ether oxygens (including phenoxy) is 1. The van der Waals surface area contributed by atoms with Gasteiger partial charge in [0.2, 0.25) is 0 Å². The summed E-state index contributed by atoms with van der Waals surface area (Å²) in [6, 6.07) is 12.1. The van der Waals surface area contributed by atoms with Gasteiger partial charge in [-0.15, -0.1) is 0 Å². The minimum atomic E-state index is -0.192. The maximum atomic E-state index is 13.0. The second kappa shape index (κ2) is 9.53. The number of carbonyl (C=O) groups excluding carboxylic acids is 1. The monoisotopic (exact) mass is 406 g/mol. The lowest BCUT2D eigenvalue weighted by Crippen LogP contribution is -2.49. The number of nitrogens with zero attached hydrogens (tertiary/aromatic N) is 4. The summed E-state index contributed by atoms with van der Waals surface area (Å²) in [5.41, 5.74) is 4.47. The van der Waals surface area contributed by atoms with E-state index in [0.29, 0.717) is 13.1 Å². The third-order valence-electron chi connectivity index (χ3n) is 5.70. The number of nitriles is 1. The van der Waals surface area contributed by atoms with Crippen LogP contribution < -0.4 is 9.64 Å². The number of hydrogen-bond donors (Lipinski definition) is 0. The summed E-state index contributed by atoms with van der Waals surface area (Å²) in [6.07, 6.45) is 2.78. The van der Waals surface area contributed by atoms with E-state index in [-0.39, 0.29) is 11.5 Å². The average Bonchev–Trinajstić information content (AvgIpc) is 3.04. The molecule has 1 fully saturated rings. The Hall–Kier alpha value is -3.20. The Kier molecular flexibility index (Phi) is 6.83. The van der Waals surface area contributed by atoms with Crippen LogP contribution in [0.4, 0.5) is 5.69 Å². The molecule has 3 rings (SSSR count). The van der Waals surface area contributed by atoms with Crippen molar-refractivity contribution in [2.75, 3.05) is 38.2 Å². The number of aryl methyl sites for hydroxylation is 1. The quantitative estimate of drug-likeness (QED) is 0.541. The van der Waals surface area contributed by atoms with Crippen molar-refractivity contribution in [3.8, 4) is 11.8 Å². The Bertz CT molecular complexity index is 976. The van der Waals surface area contributed by atoms with Crippen LogP contribution in [0.5, 0.6) is 5.75 Å². The average molecular weight is 407 g/mol. The fraction of sp³-hybridized carbons (Fsp3) is 0.417. The highest BCUT2D eigenvalue weighted by atomic mass is 16.5. The van der Waals surface area contributed by atoms with E-state index in [1.165, 1.54) is 0 Å². The van der Waals surface area contributed by atoms with Crippen LogP contribution in [-0.2, 0) is 11.3 Å². The fourth-order valence-electron chi connectivity index (χ4n) is 3.98. The van der Waals surface area contributed by atoms with Gasteiger partial charge in [-0.2, -0.15) is 5.26 Å². The van der Waals surface area contributed by atoms with Gasteiger partial charge >= 0.3 is 0 Å². The molecular formula is C24H30N4O2. The molecule has 1 aromatic heterocycles. The molecule has 0 unspecified atom stereocenters. The van der Waals surface area contributed by atoms with E-state index in [9.17, 15) is 10.1 Å². The van der Waals surface area contributed by atoms with Crippen LogP contribution in [0.3, 0.4) is 0 Å². The molecule has 0 aliphatic carbocycles. The minimum absolute atomic E-state index is 0.192. The Morgan fingerprint density at radius 2 is 1.93 bits per heavy atom. The topological polar surface area (TPSA) is 61.5 Å². The maximum absolute atomic E-state index is 13.0. The van der Waals surface area contributed by atoms with Gasteiger partial charge in [0.15, 0.2) is 0 Å². The number of carbonyl (C=O) groups is 1. The fourth-order valence-corrected chi connectivity index (χ4v) is 3.98. The van der Waals surface area contributed by atoms with E-state index in [2.05, 4.69) is 35.5 Å². The van der Waals surface area contributed by atoms with E-state index in [1.807, 2.05) is 31.2 Å². The molecule has 2 heterocycles. The van der Waals surface area contributed by atoms with Gasteiger partial charge in [0, 0.05) is 55.9 Å². The number of hydrogen-bond acceptors (Lipinski definition) is 4. The van der Waals surface area contributed by atoms with Crippen LogP contribution in [0.1, 0.15) is 30.3 Å². The maximum Gasteiger partial charge on any atom is 0.264 e. The first-order valence-electron chi connectivity index (χ1n) is 10.4. The molecular weight excluding hydrogens is 376 g/mol. The number of methoxy groups -OCH3 is 1. The third-order valence-corrected chi connectivity index (χ3v) is 5.70. The van der Waals surface area contributed by atoms with Crippen molar-refractivity contribution in [1.82, 2.24) is 9.47 Å². The molecule has 0 spiro atoms. The largest absolute Gasteiger partial charge is 0.497 e. The highest BCUT2D eigenvalue weighted by Crippen LogP contribution is 2.23. The molecule has 0 radical (unpaired) electrons. The van der Waals surface area contributed by atoms with Gasteiger partial charge in [0.05, 0.1) is 7.11 Å². The Balaban J connectivity index is 1.71. The van der Waals surface area contributed by atoms with Crippen molar-refractivity contribution in [3.05, 3.63) is 52.9 Å². The van der Waals surface area contributed by atoms with Crippen molar-refractivity contribution in [1.29, 1.82) is 5.26 Å². The summed E-state index contributed by atoms with van der Waals surface area (Å²) in [5.74, 6) is 0.629. The first-order valence-corrected chi connectivity index (χ1v) is 10.4. The molecule has 0 bridgehead atoms. The smallest absolute Gasteiger partial charge is 0.264 e. The van der Waals surface area contributed by atoms with E-state index >= 15 is 0 Å². The molecule has 0 saturated carbocycles. The van der Waals surface area contributed by atoms with E-state index in [4.69, 9.17) is 4.74 Å². The predicted molar refractivity (Wildman–Crippen MR) is 120 cm³/mol. The molecule has 6 heteroatoms. The van der Waals surface area contributed by atoms with E-state index < -0.39 is 0 Å². The van der Waals surface area contributed by atoms with Gasteiger partial charge in [-0.25, -0.2) is 0 Å². The number of anilines is 1. The van der Waals surface area contributed by atoms with Crippen LogP contribution in [-0.4, -0.2) is 48.7 Å². The lowest BCUT2D eigenvalue weighted by molar-refractivity contribution is -0.126. The summed E-state index contributed by atoms with van der Waals surface area (Å²) >= 11 is 0. The predicted octanol–water partition coefficient (Wildman–Crippen LogP) is 3.78. The Morgan fingerprint density at radius 1 is 1.20 bits per heavy atom. The summed E-state index contributed by atoms with van der Waals surface area (Å²) < 4.78 is 7.54. The number of amides is 1. The molecule has 1 amide bonds. The van der Waals surface area contributed by atoms with Gasteiger partial charge in [0.25, 0.3) is 5.91 Å². The molecule has 0 atom stereocenters. The highest BCUT2D eigenvalue weighted by molar-refractivity contribution is 6.02. The molecule has 30 heavy (non-hydrogen) atoms. The Morgan fingerprint density at radius 3 is 2.57 bits per heavy atom. The van der Waals surface area contributed by atoms with Crippen molar-refractivity contribution in [2.24, 2.45) is 0 Å². The molecule has 1 aliphatic heterocycles. The summed E-state index contributed by atoms with van der Waals surface area (Å²) in [4.78, 5) is 17.0. The lowest BCUT2D eigenvalue weighted by atomic mass is 10.1. The molecule has 1 aromatic carbocycles. The van der Waals surface area contributed by atoms with Crippen molar-refractivity contribution >= 4 is 17.7 Å². The van der Waals surface area contributed by atoms with Crippen molar-refractivity contribution < 1.29 is 9.53 Å². The minimum Gasteiger partial charge on any atom is -0.497 e. The zero-order valence-electron chi connectivity index (χ0n) is 18.3. The molecule has 1 saturated heterocycles. The highest BCUT2D eigenvalue weighted by Gasteiger charge is 2.24. The first kappa shape index (κ1) is 21.5. The van der Waals surface area contributed by atoms with Crippen LogP contribution in [0, 0.1) is 25.2 Å². The van der Waals surface area contributed by atoms with Crippen LogP contribution in [0.15, 0.2) is 35.9 Å². The molecule has 2 aromatic rings. The van der Waals surface area contributed by atoms with E-state index in [1.54, 1.807) is 18.1 Å². The van der Waals surface area contributed by atoms with Gasteiger partial charge in [0.1, 0.15) is 17.4 Å². The van der Waals surface area contributed by atoms with E-state index in [0.717, 1.165) is 54.4 Å². The SMILES string of the molecule is CCCn1c(C)cc(/C=C(/C#N)C(=O)N2CCN(c3cccc(OC)c3)CC2)c1C. The summed E-state index contributed by atoms with van der Waals surface area (Å²) in [6.45, 7) is 9.81. The molecule has 158 valence electrons. The Labute approximate surface area is 179 Å². The number of rotatable bonds is 6. The first-order chi connectivity index (χ1) is 14.5. The van der Waals surface area contributed by atoms with Crippen LogP contribution in [0.25, 0.3) is 6.08 Å². The van der Waals surface area contributed by atoms with Crippen molar-refractivity contribution in [3.63, 3.8) is 0 Å². The standard InChI is InChI=1S/C24H30N4O2/c1-5-9-28-18(2)14-20(19(28)3)15-21(17-25)24(29)27-12-10-26(11-13-27)22-7-6-8-23(16-22)30-4/h6-8,14-16H,5,9-13H2,1-4H3/b21-15-. The summed E-state index contributed by atoms with van der Waals surface area (Å²) in [7, 11) is 1.66. The van der Waals surface area contributed by atoms with Gasteiger partial charge in [-0.3, -0.25) is 4.79 Å². The lowest BCUT2D eigenvalue weighted by Gasteiger charge is -2.36. The van der Waals surface area contributed by atoms with Crippen LogP contribution in [0.2, 0.25) is 0 Å². The number of aromatic nitrogens is 1. The zero-order valence-corrected chi connectivity index (χ0v) is 18.3. The second-order valence-electron chi connectivity index (χ2n) is 7.63. The number of benzene rings is 1. The number of piperazine rings is 1. The van der Waals surface area contributed by atoms with Gasteiger partial charge in [-0.1, -0.05) is 13.0 Å². The third kappa shape index (κ3) is 4.51. The van der Waals surface area contributed by atoms with Gasteiger partial charge < -0.3 is 19.1 Å². The zero-order chi connectivity index (χ0) is 21.7. The molecule has 6 nitrogen and oxygen atoms in total. The molecule has 1 aliphatic rings. The van der Waals surface area contributed by atoms with Crippen LogP contribution >= 0.6 is 0 Å². The normalized spacial score (nSPS) is 14.6. The van der Waals surface area contributed by atoms with Gasteiger partial charge in [-0.05, 0) is 50.1 Å².